The van der Waals surface area contributed by atoms with Crippen LogP contribution in [0.4, 0.5) is 17.1 Å². The van der Waals surface area contributed by atoms with Crippen LogP contribution in [0, 0.1) is 0 Å². The molecule has 0 saturated carbocycles. The maximum absolute atomic E-state index is 12.6. The highest BCUT2D eigenvalue weighted by Gasteiger charge is 2.23. The fourth-order valence-corrected chi connectivity index (χ4v) is 5.47. The average Bonchev–Trinajstić information content (AvgIpc) is 2.78. The van der Waals surface area contributed by atoms with Crippen LogP contribution in [0.5, 0.6) is 5.75 Å². The molecule has 186 valence electrons. The standard InChI is InChI=1S/C22H21Cl2N3O6S2/c1-33-18-8-4-17(5-9-18)26-35(31,32)19-10-6-16(7-11-19)25-22(28)14-27(34(2,29)30)21-12-3-15(23)13-20(21)24/h3-13,26H,14H2,1-2H3,(H,25,28). The zero-order valence-corrected chi connectivity index (χ0v) is 21.7. The number of benzene rings is 3. The van der Waals surface area contributed by atoms with Gasteiger partial charge in [-0.3, -0.25) is 13.8 Å². The molecule has 3 aromatic carbocycles. The molecule has 0 unspecified atom stereocenters. The first-order chi connectivity index (χ1) is 16.4. The molecule has 3 aromatic rings. The van der Waals surface area contributed by atoms with Gasteiger partial charge >= 0.3 is 0 Å². The van der Waals surface area contributed by atoms with Crippen LogP contribution in [0.2, 0.25) is 10.0 Å². The molecule has 35 heavy (non-hydrogen) atoms. The first-order valence-electron chi connectivity index (χ1n) is 9.88. The summed E-state index contributed by atoms with van der Waals surface area (Å²) in [6.07, 6.45) is 0.945. The number of carbonyl (C=O) groups is 1. The number of ether oxygens (including phenoxy) is 1. The fraction of sp³-hybridized carbons (Fsp3) is 0.136. The van der Waals surface area contributed by atoms with Crippen LogP contribution < -0.4 is 19.1 Å². The largest absolute Gasteiger partial charge is 0.497 e. The fourth-order valence-electron chi connectivity index (χ4n) is 2.99. The summed E-state index contributed by atoms with van der Waals surface area (Å²) in [6.45, 7) is -0.556. The van der Waals surface area contributed by atoms with Crippen LogP contribution in [0.1, 0.15) is 0 Å². The summed E-state index contributed by atoms with van der Waals surface area (Å²) in [5.41, 5.74) is 0.721. The Hall–Kier alpha value is -2.99. The molecule has 13 heteroatoms. The van der Waals surface area contributed by atoms with Gasteiger partial charge in [-0.2, -0.15) is 0 Å². The second-order valence-electron chi connectivity index (χ2n) is 7.27. The van der Waals surface area contributed by atoms with Crippen molar-refractivity contribution in [1.82, 2.24) is 0 Å². The highest BCUT2D eigenvalue weighted by molar-refractivity contribution is 7.92. The van der Waals surface area contributed by atoms with Crippen LogP contribution in [-0.4, -0.2) is 42.7 Å². The Bertz CT molecular complexity index is 1430. The van der Waals surface area contributed by atoms with Crippen molar-refractivity contribution in [2.45, 2.75) is 4.90 Å². The van der Waals surface area contributed by atoms with Crippen molar-refractivity contribution in [2.24, 2.45) is 0 Å². The van der Waals surface area contributed by atoms with Crippen molar-refractivity contribution >= 4 is 66.2 Å². The van der Waals surface area contributed by atoms with E-state index in [0.29, 0.717) is 16.5 Å². The summed E-state index contributed by atoms with van der Waals surface area (Å²) in [4.78, 5) is 12.5. The number of amides is 1. The van der Waals surface area contributed by atoms with Gasteiger partial charge in [-0.15, -0.1) is 0 Å². The number of hydrogen-bond donors (Lipinski definition) is 2. The van der Waals surface area contributed by atoms with Crippen LogP contribution in [0.25, 0.3) is 0 Å². The smallest absolute Gasteiger partial charge is 0.261 e. The normalized spacial score (nSPS) is 11.5. The molecule has 0 aromatic heterocycles. The van der Waals surface area contributed by atoms with Crippen molar-refractivity contribution in [3.8, 4) is 5.75 Å². The van der Waals surface area contributed by atoms with E-state index in [4.69, 9.17) is 27.9 Å². The Kier molecular flexibility index (Phi) is 8.16. The minimum Gasteiger partial charge on any atom is -0.497 e. The number of rotatable bonds is 9. The minimum atomic E-state index is -3.88. The van der Waals surface area contributed by atoms with Gasteiger partial charge in [0.25, 0.3) is 10.0 Å². The SMILES string of the molecule is COc1ccc(NS(=O)(=O)c2ccc(NC(=O)CN(c3ccc(Cl)cc3Cl)S(C)(=O)=O)cc2)cc1. The van der Waals surface area contributed by atoms with Crippen molar-refractivity contribution in [3.05, 3.63) is 76.8 Å². The van der Waals surface area contributed by atoms with Gasteiger partial charge in [0.15, 0.2) is 0 Å². The lowest BCUT2D eigenvalue weighted by atomic mass is 10.3. The van der Waals surface area contributed by atoms with Crippen molar-refractivity contribution < 1.29 is 26.4 Å². The molecule has 1 amide bonds. The summed E-state index contributed by atoms with van der Waals surface area (Å²) in [5, 5.41) is 2.92. The Morgan fingerprint density at radius 3 is 2.06 bits per heavy atom. The molecule has 0 heterocycles. The maximum atomic E-state index is 12.6. The predicted molar refractivity (Wildman–Crippen MR) is 138 cm³/mol. The Morgan fingerprint density at radius 2 is 1.51 bits per heavy atom. The first-order valence-corrected chi connectivity index (χ1v) is 14.0. The van der Waals surface area contributed by atoms with Crippen molar-refractivity contribution in [1.29, 1.82) is 0 Å². The van der Waals surface area contributed by atoms with E-state index >= 15 is 0 Å². The Labute approximate surface area is 213 Å². The molecule has 0 atom stereocenters. The summed E-state index contributed by atoms with van der Waals surface area (Å²) in [6, 6.07) is 16.0. The Morgan fingerprint density at radius 1 is 0.914 bits per heavy atom. The van der Waals surface area contributed by atoms with E-state index in [1.54, 1.807) is 24.3 Å². The topological polar surface area (TPSA) is 122 Å². The van der Waals surface area contributed by atoms with E-state index in [0.717, 1.165) is 10.6 Å². The van der Waals surface area contributed by atoms with E-state index in [2.05, 4.69) is 10.0 Å². The van der Waals surface area contributed by atoms with E-state index in [-0.39, 0.29) is 21.3 Å². The van der Waals surface area contributed by atoms with Gasteiger partial charge in [-0.1, -0.05) is 23.2 Å². The number of methoxy groups -OCH3 is 1. The van der Waals surface area contributed by atoms with E-state index in [9.17, 15) is 21.6 Å². The first kappa shape index (κ1) is 26.6. The molecule has 0 aliphatic heterocycles. The van der Waals surface area contributed by atoms with Crippen molar-refractivity contribution in [3.63, 3.8) is 0 Å². The monoisotopic (exact) mass is 557 g/mol. The summed E-state index contributed by atoms with van der Waals surface area (Å²) in [5.74, 6) is -0.0748. The number of nitrogens with one attached hydrogen (secondary N) is 2. The van der Waals surface area contributed by atoms with Gasteiger partial charge in [-0.25, -0.2) is 16.8 Å². The predicted octanol–water partition coefficient (Wildman–Crippen LogP) is 4.21. The van der Waals surface area contributed by atoms with E-state index < -0.39 is 32.5 Å². The zero-order valence-electron chi connectivity index (χ0n) is 18.5. The highest BCUT2D eigenvalue weighted by Crippen LogP contribution is 2.30. The van der Waals surface area contributed by atoms with Crippen molar-refractivity contribution in [2.75, 3.05) is 34.3 Å². The van der Waals surface area contributed by atoms with Crippen LogP contribution >= 0.6 is 23.2 Å². The third-order valence-corrected chi connectivity index (χ3v) is 7.72. The zero-order chi connectivity index (χ0) is 25.8. The summed E-state index contributed by atoms with van der Waals surface area (Å²) >= 11 is 12.0. The molecule has 3 rings (SSSR count). The minimum absolute atomic E-state index is 0.0305. The number of nitrogens with zero attached hydrogens (tertiary/aromatic N) is 1. The number of anilines is 3. The van der Waals surface area contributed by atoms with Gasteiger partial charge in [0.05, 0.1) is 29.0 Å². The second kappa shape index (κ2) is 10.7. The third-order valence-electron chi connectivity index (χ3n) is 4.66. The lowest BCUT2D eigenvalue weighted by Crippen LogP contribution is -2.37. The molecular formula is C22H21Cl2N3O6S2. The van der Waals surface area contributed by atoms with E-state index in [1.807, 2.05) is 0 Å². The lowest BCUT2D eigenvalue weighted by Gasteiger charge is -2.23. The van der Waals surface area contributed by atoms with E-state index in [1.165, 1.54) is 49.6 Å². The Balaban J connectivity index is 1.71. The van der Waals surface area contributed by atoms with Crippen LogP contribution in [0.3, 0.4) is 0 Å². The van der Waals surface area contributed by atoms with Gasteiger partial charge < -0.3 is 10.1 Å². The summed E-state index contributed by atoms with van der Waals surface area (Å²) in [7, 11) is -6.22. The maximum Gasteiger partial charge on any atom is 0.261 e. The number of carbonyl (C=O) groups excluding carboxylic acids is 1. The molecule has 0 fully saturated rings. The lowest BCUT2D eigenvalue weighted by molar-refractivity contribution is -0.114. The van der Waals surface area contributed by atoms with Gasteiger partial charge in [0, 0.05) is 16.4 Å². The molecular weight excluding hydrogens is 537 g/mol. The molecule has 2 N–H and O–H groups in total. The highest BCUT2D eigenvalue weighted by atomic mass is 35.5. The third kappa shape index (κ3) is 7.01. The number of sulfonamides is 2. The molecule has 0 radical (unpaired) electrons. The van der Waals surface area contributed by atoms with Crippen LogP contribution in [-0.2, 0) is 24.8 Å². The quantitative estimate of drug-likeness (QED) is 0.406. The molecule has 0 spiro atoms. The van der Waals surface area contributed by atoms with Crippen LogP contribution in [0.15, 0.2) is 71.6 Å². The number of halogens is 2. The molecule has 0 saturated heterocycles. The van der Waals surface area contributed by atoms with Gasteiger partial charge in [0.1, 0.15) is 12.3 Å². The van der Waals surface area contributed by atoms with Gasteiger partial charge in [0.2, 0.25) is 15.9 Å². The van der Waals surface area contributed by atoms with Gasteiger partial charge in [-0.05, 0) is 66.7 Å². The molecule has 0 aliphatic carbocycles. The molecule has 0 bridgehead atoms. The summed E-state index contributed by atoms with van der Waals surface area (Å²) < 4.78 is 58.2. The molecule has 9 nitrogen and oxygen atoms in total. The average molecular weight is 558 g/mol. The second-order valence-corrected chi connectivity index (χ2v) is 11.7. The molecule has 0 aliphatic rings. The number of hydrogen-bond acceptors (Lipinski definition) is 6.